The lowest BCUT2D eigenvalue weighted by Crippen LogP contribution is -2.65. The largest absolute Gasteiger partial charge is 0.460 e. The molecule has 0 aromatic carbocycles. The summed E-state index contributed by atoms with van der Waals surface area (Å²) in [6, 6.07) is 0. The first-order chi connectivity index (χ1) is 11.2. The van der Waals surface area contributed by atoms with Gasteiger partial charge in [0, 0.05) is 13.1 Å². The molecule has 0 amide bonds. The highest BCUT2D eigenvalue weighted by Gasteiger charge is 2.85. The minimum atomic E-state index is -7.38. The molecule has 17 heteroatoms. The maximum atomic E-state index is 13.6. The molecule has 0 saturated carbocycles. The van der Waals surface area contributed by atoms with Crippen LogP contribution in [0.4, 0.5) is 39.5 Å². The van der Waals surface area contributed by atoms with Gasteiger partial charge >= 0.3 is 23.3 Å². The van der Waals surface area contributed by atoms with Crippen LogP contribution in [-0.2, 0) is 20.1 Å². The van der Waals surface area contributed by atoms with Crippen LogP contribution in [0.15, 0.2) is 0 Å². The summed E-state index contributed by atoms with van der Waals surface area (Å²) in [5.41, 5.74) is 0. The van der Waals surface area contributed by atoms with Gasteiger partial charge in [-0.05, 0) is 6.42 Å². The zero-order valence-corrected chi connectivity index (χ0v) is 14.2. The molecule has 0 saturated heterocycles. The van der Waals surface area contributed by atoms with Crippen molar-refractivity contribution in [1.29, 1.82) is 0 Å². The predicted molar refractivity (Wildman–Crippen MR) is 68.1 cm³/mol. The summed E-state index contributed by atoms with van der Waals surface area (Å²) in [7, 11) is -11.5. The number of sulfonamides is 1. The molecule has 158 valence electrons. The molecule has 0 aliphatic rings. The molecule has 0 atom stereocenters. The quantitative estimate of drug-likeness (QED) is 0.431. The van der Waals surface area contributed by atoms with Crippen LogP contribution in [0.25, 0.3) is 0 Å². The van der Waals surface area contributed by atoms with Crippen molar-refractivity contribution < 1.29 is 60.9 Å². The van der Waals surface area contributed by atoms with Crippen molar-refractivity contribution in [2.75, 3.05) is 18.8 Å². The summed E-state index contributed by atoms with van der Waals surface area (Å²) in [6.07, 6.45) is -8.11. The molecule has 0 aliphatic heterocycles. The third-order valence-electron chi connectivity index (χ3n) is 2.94. The molecule has 0 aliphatic carbocycles. The van der Waals surface area contributed by atoms with Gasteiger partial charge in [-0.25, -0.2) is 8.42 Å². The summed E-state index contributed by atoms with van der Waals surface area (Å²) in [5.74, 6) is -16.0. The van der Waals surface area contributed by atoms with Crippen LogP contribution in [0, 0.1) is 0 Å². The van der Waals surface area contributed by atoms with E-state index in [1.165, 1.54) is 0 Å². The second-order valence-corrected chi connectivity index (χ2v) is 8.35. The lowest BCUT2D eigenvalue weighted by Gasteiger charge is -2.35. The number of rotatable bonds is 9. The van der Waals surface area contributed by atoms with Gasteiger partial charge in [0.1, 0.15) is 0 Å². The molecule has 0 aromatic rings. The van der Waals surface area contributed by atoms with Crippen LogP contribution in [0.1, 0.15) is 13.3 Å². The van der Waals surface area contributed by atoms with Crippen molar-refractivity contribution in [3.05, 3.63) is 0 Å². The summed E-state index contributed by atoms with van der Waals surface area (Å²) in [5, 5.41) is -6.88. The number of hydrogen-bond acceptors (Lipinski definition) is 4. The smallest absolute Gasteiger partial charge is 0.286 e. The van der Waals surface area contributed by atoms with E-state index in [4.69, 9.17) is 4.55 Å². The Kier molecular flexibility index (Phi) is 7.08. The normalized spacial score (nSPS) is 15.5. The zero-order chi connectivity index (χ0) is 21.4. The molecular formula is C9H12F9NO5S2. The molecule has 6 nitrogen and oxygen atoms in total. The first-order valence-electron chi connectivity index (χ1n) is 6.32. The van der Waals surface area contributed by atoms with E-state index in [1.54, 1.807) is 0 Å². The van der Waals surface area contributed by atoms with E-state index in [2.05, 4.69) is 0 Å². The Balaban J connectivity index is 5.91. The third kappa shape index (κ3) is 4.53. The average Bonchev–Trinajstić information content (AvgIpc) is 2.40. The monoisotopic (exact) mass is 449 g/mol. The average molecular weight is 449 g/mol. The minimum absolute atomic E-state index is 0.599. The maximum Gasteiger partial charge on any atom is 0.460 e. The van der Waals surface area contributed by atoms with Gasteiger partial charge in [-0.1, -0.05) is 6.92 Å². The molecule has 1 N–H and O–H groups in total. The lowest BCUT2D eigenvalue weighted by molar-refractivity contribution is -0.382. The highest BCUT2D eigenvalue weighted by Crippen LogP contribution is 2.55. The fraction of sp³-hybridized carbons (Fsp3) is 1.00. The Hall–Kier alpha value is -0.810. The van der Waals surface area contributed by atoms with E-state index in [0.717, 1.165) is 6.92 Å². The van der Waals surface area contributed by atoms with E-state index < -0.39 is 73.0 Å². The van der Waals surface area contributed by atoms with Gasteiger partial charge in [-0.15, -0.1) is 0 Å². The van der Waals surface area contributed by atoms with Crippen molar-refractivity contribution in [2.45, 2.75) is 36.6 Å². The first-order valence-corrected chi connectivity index (χ1v) is 9.36. The summed E-state index contributed by atoms with van der Waals surface area (Å²) in [4.78, 5) is 0. The van der Waals surface area contributed by atoms with Gasteiger partial charge in [-0.2, -0.15) is 52.2 Å². The van der Waals surface area contributed by atoms with Crippen molar-refractivity contribution >= 4 is 20.1 Å². The second kappa shape index (κ2) is 7.31. The highest BCUT2D eigenvalue weighted by molar-refractivity contribution is 7.90. The molecule has 0 radical (unpaired) electrons. The topological polar surface area (TPSA) is 91.8 Å². The number of alkyl halides is 9. The molecule has 0 aromatic heterocycles. The molecule has 0 fully saturated rings. The molecule has 0 bridgehead atoms. The number of halogens is 9. The van der Waals surface area contributed by atoms with Gasteiger partial charge in [0.2, 0.25) is 0 Å². The fourth-order valence-corrected chi connectivity index (χ4v) is 3.54. The Morgan fingerprint density at radius 1 is 0.846 bits per heavy atom. The molecule has 26 heavy (non-hydrogen) atoms. The Morgan fingerprint density at radius 2 is 1.27 bits per heavy atom. The molecule has 0 spiro atoms. The van der Waals surface area contributed by atoms with Gasteiger partial charge < -0.3 is 0 Å². The summed E-state index contributed by atoms with van der Waals surface area (Å²) < 4.78 is 167. The highest BCUT2D eigenvalue weighted by atomic mass is 32.2. The van der Waals surface area contributed by atoms with E-state index in [9.17, 15) is 56.3 Å². The van der Waals surface area contributed by atoms with Gasteiger partial charge in [0.25, 0.3) is 20.1 Å². The summed E-state index contributed by atoms with van der Waals surface area (Å²) in [6.45, 7) is -1.61. The van der Waals surface area contributed by atoms with Crippen molar-refractivity contribution in [2.24, 2.45) is 0 Å². The van der Waals surface area contributed by atoms with E-state index in [-0.39, 0.29) is 0 Å². The van der Waals surface area contributed by atoms with Crippen LogP contribution in [0.5, 0.6) is 0 Å². The number of nitrogens with zero attached hydrogens (tertiary/aromatic N) is 1. The second-order valence-electron chi connectivity index (χ2n) is 4.80. The molecule has 0 rings (SSSR count). The van der Waals surface area contributed by atoms with E-state index in [0.29, 0.717) is 0 Å². The number of hydrogen-bond donors (Lipinski definition) is 1. The molecular weight excluding hydrogens is 437 g/mol. The molecule has 0 heterocycles. The molecule has 0 unspecified atom stereocenters. The van der Waals surface area contributed by atoms with Crippen LogP contribution >= 0.6 is 0 Å². The van der Waals surface area contributed by atoms with Gasteiger partial charge in [0.15, 0.2) is 0 Å². The van der Waals surface area contributed by atoms with Crippen molar-refractivity contribution in [3.63, 3.8) is 0 Å². The maximum absolute atomic E-state index is 13.6. The standard InChI is InChI=1S/C9H12F9NO5S2/c1-2-19(4-3-5-25(20,21)22)26(23,24)9(17,18)7(12,13)6(10,11)8(14,15)16/h2-5H2,1H3,(H,20,21,22). The van der Waals surface area contributed by atoms with E-state index >= 15 is 0 Å². The van der Waals surface area contributed by atoms with Crippen LogP contribution in [0.2, 0.25) is 0 Å². The summed E-state index contributed by atoms with van der Waals surface area (Å²) >= 11 is 0. The minimum Gasteiger partial charge on any atom is -0.286 e. The fourth-order valence-electron chi connectivity index (χ4n) is 1.56. The lowest BCUT2D eigenvalue weighted by atomic mass is 10.1. The Bertz CT molecular complexity index is 702. The Morgan fingerprint density at radius 3 is 1.58 bits per heavy atom. The van der Waals surface area contributed by atoms with Crippen LogP contribution in [0.3, 0.4) is 0 Å². The first kappa shape index (κ1) is 25.2. The van der Waals surface area contributed by atoms with Crippen LogP contribution in [-0.4, -0.2) is 67.8 Å². The predicted octanol–water partition coefficient (Wildman–Crippen LogP) is 2.34. The van der Waals surface area contributed by atoms with Gasteiger partial charge in [-0.3, -0.25) is 4.55 Å². The Labute approximate surface area is 141 Å². The zero-order valence-electron chi connectivity index (χ0n) is 12.6. The van der Waals surface area contributed by atoms with Crippen LogP contribution < -0.4 is 0 Å². The van der Waals surface area contributed by atoms with Crippen molar-refractivity contribution in [3.8, 4) is 0 Å². The van der Waals surface area contributed by atoms with Gasteiger partial charge in [0.05, 0.1) is 5.75 Å². The SMILES string of the molecule is CCN(CCCS(=O)(=O)O)S(=O)(=O)C(F)(F)C(F)(F)C(F)(F)C(F)(F)F. The van der Waals surface area contributed by atoms with Crippen molar-refractivity contribution in [1.82, 2.24) is 4.31 Å². The third-order valence-corrected chi connectivity index (χ3v) is 5.77. The van der Waals surface area contributed by atoms with E-state index in [1.807, 2.05) is 0 Å².